The van der Waals surface area contributed by atoms with E-state index in [-0.39, 0.29) is 23.7 Å². The molecule has 0 amide bonds. The number of aromatic hydroxyl groups is 1. The second-order valence-electron chi connectivity index (χ2n) is 5.39. The number of rotatable bonds is 5. The van der Waals surface area contributed by atoms with Crippen LogP contribution in [0.15, 0.2) is 47.0 Å². The molecule has 2 N–H and O–H groups in total. The van der Waals surface area contributed by atoms with Crippen LogP contribution < -0.4 is 4.74 Å². The molecule has 0 unspecified atom stereocenters. The van der Waals surface area contributed by atoms with E-state index in [2.05, 4.69) is 14.7 Å². The van der Waals surface area contributed by atoms with Gasteiger partial charge in [-0.05, 0) is 23.8 Å². The molecule has 0 spiro atoms. The Morgan fingerprint density at radius 1 is 1.19 bits per heavy atom. The van der Waals surface area contributed by atoms with Crippen LogP contribution >= 0.6 is 0 Å². The van der Waals surface area contributed by atoms with Gasteiger partial charge in [0.1, 0.15) is 23.7 Å². The van der Waals surface area contributed by atoms with Crippen molar-refractivity contribution in [3.8, 4) is 22.9 Å². The van der Waals surface area contributed by atoms with Crippen molar-refractivity contribution < 1.29 is 37.4 Å². The van der Waals surface area contributed by atoms with Crippen LogP contribution in [0.3, 0.4) is 0 Å². The summed E-state index contributed by atoms with van der Waals surface area (Å²) in [5.41, 5.74) is 0.633. The van der Waals surface area contributed by atoms with Crippen molar-refractivity contribution in [2.75, 3.05) is 0 Å². The lowest BCUT2D eigenvalue weighted by atomic mass is 10.1. The van der Waals surface area contributed by atoms with Crippen molar-refractivity contribution in [2.45, 2.75) is 12.8 Å². The second-order valence-corrected chi connectivity index (χ2v) is 5.39. The molecule has 0 saturated heterocycles. The maximum absolute atomic E-state index is 12.5. The monoisotopic (exact) mass is 380 g/mol. The number of hydrogen-bond acceptors (Lipinski definition) is 6. The number of carboxylic acids is 1. The molecule has 27 heavy (non-hydrogen) atoms. The van der Waals surface area contributed by atoms with E-state index in [4.69, 9.17) is 9.84 Å². The van der Waals surface area contributed by atoms with Gasteiger partial charge in [-0.15, -0.1) is 0 Å². The zero-order chi connectivity index (χ0) is 19.6. The first kappa shape index (κ1) is 18.2. The third kappa shape index (κ3) is 4.17. The van der Waals surface area contributed by atoms with Gasteiger partial charge >= 0.3 is 18.0 Å². The molecule has 1 aromatic heterocycles. The Hall–Kier alpha value is -3.56. The number of ether oxygens (including phenoxy) is 1. The van der Waals surface area contributed by atoms with Crippen molar-refractivity contribution in [1.82, 2.24) is 10.1 Å². The number of alkyl halides is 3. The molecule has 0 aliphatic carbocycles. The van der Waals surface area contributed by atoms with E-state index in [0.29, 0.717) is 11.1 Å². The van der Waals surface area contributed by atoms with E-state index < -0.39 is 23.8 Å². The standard InChI is InChI=1S/C17H11F3N2O5/c18-17(19,20)16-21-14(22-27-16)10-3-1-2-9(6-10)8-26-11-4-5-12(15(24)25)13(23)7-11/h1-7,23H,8H2,(H,24,25). The van der Waals surface area contributed by atoms with Gasteiger partial charge in [-0.2, -0.15) is 18.2 Å². The van der Waals surface area contributed by atoms with Gasteiger partial charge in [0.25, 0.3) is 0 Å². The van der Waals surface area contributed by atoms with Crippen LogP contribution in [-0.4, -0.2) is 26.3 Å². The number of nitrogens with zero attached hydrogens (tertiary/aromatic N) is 2. The van der Waals surface area contributed by atoms with Gasteiger partial charge in [-0.3, -0.25) is 0 Å². The summed E-state index contributed by atoms with van der Waals surface area (Å²) in [7, 11) is 0. The first-order valence-corrected chi connectivity index (χ1v) is 7.43. The molecule has 0 bridgehead atoms. The Kier molecular flexibility index (Phi) is 4.72. The fourth-order valence-electron chi connectivity index (χ4n) is 2.20. The number of aromatic nitrogens is 2. The fourth-order valence-corrected chi connectivity index (χ4v) is 2.20. The molecule has 0 saturated carbocycles. The van der Waals surface area contributed by atoms with Crippen LogP contribution in [0.4, 0.5) is 13.2 Å². The highest BCUT2D eigenvalue weighted by Crippen LogP contribution is 2.30. The third-order valence-electron chi connectivity index (χ3n) is 3.46. The predicted molar refractivity (Wildman–Crippen MR) is 84.1 cm³/mol. The molecule has 3 rings (SSSR count). The molecule has 7 nitrogen and oxygen atoms in total. The normalized spacial score (nSPS) is 11.4. The van der Waals surface area contributed by atoms with Crippen LogP contribution in [0.25, 0.3) is 11.4 Å². The third-order valence-corrected chi connectivity index (χ3v) is 3.46. The summed E-state index contributed by atoms with van der Waals surface area (Å²) >= 11 is 0. The molecular formula is C17H11F3N2O5. The Labute approximate surface area is 149 Å². The minimum absolute atomic E-state index is 0.0175. The van der Waals surface area contributed by atoms with Crippen molar-refractivity contribution in [3.05, 3.63) is 59.5 Å². The average Bonchev–Trinajstić information content (AvgIpc) is 3.10. The van der Waals surface area contributed by atoms with E-state index in [9.17, 15) is 23.1 Å². The first-order chi connectivity index (χ1) is 12.7. The minimum atomic E-state index is -4.73. The topological polar surface area (TPSA) is 106 Å². The van der Waals surface area contributed by atoms with E-state index in [0.717, 1.165) is 6.07 Å². The van der Waals surface area contributed by atoms with Crippen LogP contribution in [0, 0.1) is 0 Å². The first-order valence-electron chi connectivity index (χ1n) is 7.43. The Morgan fingerprint density at radius 2 is 1.96 bits per heavy atom. The predicted octanol–water partition coefficient (Wildman–Crippen LogP) is 3.74. The summed E-state index contributed by atoms with van der Waals surface area (Å²) in [6.45, 7) is 0.0175. The summed E-state index contributed by atoms with van der Waals surface area (Å²) in [5, 5.41) is 21.8. The van der Waals surface area contributed by atoms with Crippen LogP contribution in [0.2, 0.25) is 0 Å². The number of halogens is 3. The molecule has 0 fully saturated rings. The highest BCUT2D eigenvalue weighted by atomic mass is 19.4. The molecule has 0 aliphatic rings. The smallest absolute Gasteiger partial charge is 0.471 e. The highest BCUT2D eigenvalue weighted by Gasteiger charge is 2.38. The molecule has 0 aliphatic heterocycles. The van der Waals surface area contributed by atoms with Crippen molar-refractivity contribution >= 4 is 5.97 Å². The van der Waals surface area contributed by atoms with Gasteiger partial charge in [0.05, 0.1) is 0 Å². The van der Waals surface area contributed by atoms with Gasteiger partial charge in [-0.1, -0.05) is 23.4 Å². The van der Waals surface area contributed by atoms with Crippen molar-refractivity contribution in [2.24, 2.45) is 0 Å². The maximum atomic E-state index is 12.5. The summed E-state index contributed by atoms with van der Waals surface area (Å²) in [6, 6.07) is 10.0. The Balaban J connectivity index is 1.74. The Bertz CT molecular complexity index is 985. The van der Waals surface area contributed by atoms with Gasteiger partial charge in [0.2, 0.25) is 5.82 Å². The van der Waals surface area contributed by atoms with Gasteiger partial charge < -0.3 is 19.5 Å². The number of hydrogen-bond donors (Lipinski definition) is 2. The molecule has 0 radical (unpaired) electrons. The quantitative estimate of drug-likeness (QED) is 0.695. The van der Waals surface area contributed by atoms with E-state index in [1.54, 1.807) is 12.1 Å². The van der Waals surface area contributed by atoms with Crippen molar-refractivity contribution in [1.29, 1.82) is 0 Å². The Morgan fingerprint density at radius 3 is 2.59 bits per heavy atom. The minimum Gasteiger partial charge on any atom is -0.507 e. The number of carbonyl (C=O) groups is 1. The molecule has 3 aromatic rings. The van der Waals surface area contributed by atoms with Crippen LogP contribution in [-0.2, 0) is 12.8 Å². The number of carboxylic acid groups (broad SMARTS) is 1. The molecule has 1 heterocycles. The zero-order valence-electron chi connectivity index (χ0n) is 13.4. The number of phenols is 1. The molecule has 10 heteroatoms. The fraction of sp³-hybridized carbons (Fsp3) is 0.118. The van der Waals surface area contributed by atoms with E-state index in [1.165, 1.54) is 24.3 Å². The second kappa shape index (κ2) is 6.98. The number of benzene rings is 2. The number of aromatic carboxylic acids is 1. The van der Waals surface area contributed by atoms with Gasteiger partial charge in [0, 0.05) is 11.6 Å². The van der Waals surface area contributed by atoms with Crippen LogP contribution in [0.1, 0.15) is 21.8 Å². The lowest BCUT2D eigenvalue weighted by molar-refractivity contribution is -0.159. The molecule has 140 valence electrons. The largest absolute Gasteiger partial charge is 0.507 e. The highest BCUT2D eigenvalue weighted by molar-refractivity contribution is 5.90. The average molecular weight is 380 g/mol. The molecule has 0 atom stereocenters. The summed E-state index contributed by atoms with van der Waals surface area (Å²) < 4.78 is 47.3. The van der Waals surface area contributed by atoms with Gasteiger partial charge in [0.15, 0.2) is 0 Å². The SMILES string of the molecule is O=C(O)c1ccc(OCc2cccc(-c3noc(C(F)(F)F)n3)c2)cc1O. The van der Waals surface area contributed by atoms with Gasteiger partial charge in [-0.25, -0.2) is 4.79 Å². The van der Waals surface area contributed by atoms with E-state index in [1.807, 2.05) is 0 Å². The lowest BCUT2D eigenvalue weighted by Gasteiger charge is -2.08. The zero-order valence-corrected chi connectivity index (χ0v) is 13.4. The van der Waals surface area contributed by atoms with Crippen molar-refractivity contribution in [3.63, 3.8) is 0 Å². The lowest BCUT2D eigenvalue weighted by Crippen LogP contribution is -2.04. The summed E-state index contributed by atoms with van der Waals surface area (Å²) in [5.74, 6) is -3.15. The molecular weight excluding hydrogens is 369 g/mol. The van der Waals surface area contributed by atoms with E-state index >= 15 is 0 Å². The van der Waals surface area contributed by atoms with Crippen LogP contribution in [0.5, 0.6) is 11.5 Å². The molecule has 2 aromatic carbocycles. The summed E-state index contributed by atoms with van der Waals surface area (Å²) in [6.07, 6.45) is -4.73. The summed E-state index contributed by atoms with van der Waals surface area (Å²) in [4.78, 5) is 14.2. The maximum Gasteiger partial charge on any atom is 0.471 e.